The SMILES string of the molecule is O=C(NCc1sccc1C#CCO)C1C2C3CCC(C3)C12. The fraction of sp³-hybridized carbons (Fsp3) is 0.588. The van der Waals surface area contributed by atoms with E-state index >= 15 is 0 Å². The van der Waals surface area contributed by atoms with Gasteiger partial charge in [-0.1, -0.05) is 11.8 Å². The first-order valence-corrected chi connectivity index (χ1v) is 8.61. The van der Waals surface area contributed by atoms with Crippen molar-refractivity contribution in [1.82, 2.24) is 5.32 Å². The molecule has 3 aliphatic rings. The molecule has 4 rings (SSSR count). The average molecular weight is 301 g/mol. The fourth-order valence-electron chi connectivity index (χ4n) is 4.68. The number of fused-ring (bicyclic) bond motifs is 5. The molecule has 1 heterocycles. The number of carbonyl (C=O) groups is 1. The van der Waals surface area contributed by atoms with E-state index in [0.717, 1.165) is 22.3 Å². The molecule has 4 heteroatoms. The predicted octanol–water partition coefficient (Wildman–Crippen LogP) is 2.00. The zero-order valence-electron chi connectivity index (χ0n) is 11.8. The van der Waals surface area contributed by atoms with Crippen LogP contribution >= 0.6 is 11.3 Å². The van der Waals surface area contributed by atoms with Crippen molar-refractivity contribution < 1.29 is 9.90 Å². The highest BCUT2D eigenvalue weighted by molar-refractivity contribution is 7.10. The summed E-state index contributed by atoms with van der Waals surface area (Å²) in [5, 5.41) is 13.8. The number of hydrogen-bond donors (Lipinski definition) is 2. The number of nitrogens with one attached hydrogen (secondary N) is 1. The summed E-state index contributed by atoms with van der Waals surface area (Å²) in [6, 6.07) is 1.95. The van der Waals surface area contributed by atoms with Crippen molar-refractivity contribution >= 4 is 17.2 Å². The Labute approximate surface area is 128 Å². The summed E-state index contributed by atoms with van der Waals surface area (Å²) < 4.78 is 0. The monoisotopic (exact) mass is 301 g/mol. The van der Waals surface area contributed by atoms with Crippen LogP contribution in [-0.2, 0) is 11.3 Å². The maximum absolute atomic E-state index is 12.4. The first-order valence-electron chi connectivity index (χ1n) is 7.73. The largest absolute Gasteiger partial charge is 0.384 e. The maximum atomic E-state index is 12.4. The number of carbonyl (C=O) groups excluding carboxylic acids is 1. The van der Waals surface area contributed by atoms with Crippen LogP contribution in [0.3, 0.4) is 0 Å². The molecule has 21 heavy (non-hydrogen) atoms. The average Bonchev–Trinajstić information content (AvgIpc) is 2.85. The Morgan fingerprint density at radius 3 is 2.86 bits per heavy atom. The van der Waals surface area contributed by atoms with E-state index in [1.54, 1.807) is 11.3 Å². The standard InChI is InChI=1S/C17H19NO2S/c19-6-1-2-10-5-7-21-13(10)9-18-17(20)16-14-11-3-4-12(8-11)15(14)16/h5,7,11-12,14-16,19H,3-4,6,8-9H2,(H,18,20). The van der Waals surface area contributed by atoms with Gasteiger partial charge in [0.05, 0.1) is 6.54 Å². The molecule has 3 fully saturated rings. The van der Waals surface area contributed by atoms with Gasteiger partial charge in [-0.3, -0.25) is 4.79 Å². The number of aliphatic hydroxyl groups excluding tert-OH is 1. The van der Waals surface area contributed by atoms with Crippen molar-refractivity contribution in [3.8, 4) is 11.8 Å². The van der Waals surface area contributed by atoms with E-state index in [-0.39, 0.29) is 12.5 Å². The van der Waals surface area contributed by atoms with E-state index in [2.05, 4.69) is 17.2 Å². The lowest BCUT2D eigenvalue weighted by Crippen LogP contribution is -2.27. The van der Waals surface area contributed by atoms with Crippen LogP contribution in [0.2, 0.25) is 0 Å². The van der Waals surface area contributed by atoms with Gasteiger partial charge < -0.3 is 10.4 Å². The molecule has 1 aromatic rings. The van der Waals surface area contributed by atoms with Gasteiger partial charge in [0.1, 0.15) is 6.61 Å². The zero-order valence-corrected chi connectivity index (χ0v) is 12.7. The Morgan fingerprint density at radius 1 is 1.38 bits per heavy atom. The molecule has 110 valence electrons. The van der Waals surface area contributed by atoms with Crippen molar-refractivity contribution in [2.45, 2.75) is 25.8 Å². The molecule has 3 saturated carbocycles. The summed E-state index contributed by atoms with van der Waals surface area (Å²) in [5.41, 5.74) is 0.922. The summed E-state index contributed by atoms with van der Waals surface area (Å²) in [5.74, 6) is 9.20. The molecule has 0 saturated heterocycles. The van der Waals surface area contributed by atoms with Crippen LogP contribution in [0.25, 0.3) is 0 Å². The van der Waals surface area contributed by atoms with Crippen LogP contribution < -0.4 is 5.32 Å². The van der Waals surface area contributed by atoms with Crippen LogP contribution in [0.1, 0.15) is 29.7 Å². The summed E-state index contributed by atoms with van der Waals surface area (Å²) in [6.07, 6.45) is 4.08. The lowest BCUT2D eigenvalue weighted by molar-refractivity contribution is -0.123. The Bertz CT molecular complexity index is 610. The number of rotatable bonds is 3. The third-order valence-corrected chi connectivity index (χ3v) is 6.43. The summed E-state index contributed by atoms with van der Waals surface area (Å²) in [4.78, 5) is 13.5. The number of aliphatic hydroxyl groups is 1. The highest BCUT2D eigenvalue weighted by Crippen LogP contribution is 2.69. The molecule has 0 aromatic carbocycles. The molecule has 1 aromatic heterocycles. The van der Waals surface area contributed by atoms with Gasteiger partial charge in [-0.25, -0.2) is 0 Å². The van der Waals surface area contributed by atoms with Crippen molar-refractivity contribution in [2.75, 3.05) is 6.61 Å². The molecule has 0 aliphatic heterocycles. The second-order valence-electron chi connectivity index (χ2n) is 6.45. The Balaban J connectivity index is 1.36. The summed E-state index contributed by atoms with van der Waals surface area (Å²) in [6.45, 7) is 0.438. The summed E-state index contributed by atoms with van der Waals surface area (Å²) in [7, 11) is 0. The minimum absolute atomic E-state index is 0.129. The minimum Gasteiger partial charge on any atom is -0.384 e. The normalized spacial score (nSPS) is 35.0. The molecular weight excluding hydrogens is 282 g/mol. The summed E-state index contributed by atoms with van der Waals surface area (Å²) >= 11 is 1.61. The van der Waals surface area contributed by atoms with Crippen LogP contribution in [0, 0.1) is 41.4 Å². The van der Waals surface area contributed by atoms with Gasteiger partial charge in [-0.05, 0) is 54.4 Å². The molecular formula is C17H19NO2S. The smallest absolute Gasteiger partial charge is 0.224 e. The van der Waals surface area contributed by atoms with E-state index in [1.807, 2.05) is 11.4 Å². The Morgan fingerprint density at radius 2 is 2.14 bits per heavy atom. The van der Waals surface area contributed by atoms with Gasteiger partial charge in [-0.15, -0.1) is 11.3 Å². The minimum atomic E-state index is -0.129. The fourth-order valence-corrected chi connectivity index (χ4v) is 5.45. The van der Waals surface area contributed by atoms with Gasteiger partial charge >= 0.3 is 0 Å². The zero-order chi connectivity index (χ0) is 14.4. The lowest BCUT2D eigenvalue weighted by atomic mass is 10.0. The predicted molar refractivity (Wildman–Crippen MR) is 81.4 cm³/mol. The highest BCUT2D eigenvalue weighted by atomic mass is 32.1. The van der Waals surface area contributed by atoms with Crippen molar-refractivity contribution in [1.29, 1.82) is 0 Å². The van der Waals surface area contributed by atoms with E-state index in [9.17, 15) is 4.79 Å². The number of thiophene rings is 1. The molecule has 4 unspecified atom stereocenters. The second kappa shape index (κ2) is 5.15. The van der Waals surface area contributed by atoms with Crippen LogP contribution in [0.15, 0.2) is 11.4 Å². The Kier molecular flexibility index (Phi) is 3.28. The molecule has 3 aliphatic carbocycles. The van der Waals surface area contributed by atoms with E-state index in [0.29, 0.717) is 24.3 Å². The van der Waals surface area contributed by atoms with Crippen molar-refractivity contribution in [3.05, 3.63) is 21.9 Å². The van der Waals surface area contributed by atoms with Gasteiger partial charge in [0, 0.05) is 16.4 Å². The third-order valence-electron chi connectivity index (χ3n) is 5.51. The van der Waals surface area contributed by atoms with Crippen LogP contribution in [0.4, 0.5) is 0 Å². The third kappa shape index (κ3) is 2.20. The second-order valence-corrected chi connectivity index (χ2v) is 7.45. The molecule has 1 amide bonds. The number of amides is 1. The van der Waals surface area contributed by atoms with Crippen LogP contribution in [-0.4, -0.2) is 17.6 Å². The van der Waals surface area contributed by atoms with E-state index < -0.39 is 0 Å². The molecule has 0 radical (unpaired) electrons. The van der Waals surface area contributed by atoms with E-state index in [4.69, 9.17) is 5.11 Å². The quantitative estimate of drug-likeness (QED) is 0.839. The lowest BCUT2D eigenvalue weighted by Gasteiger charge is -2.09. The first-order chi connectivity index (χ1) is 10.3. The number of hydrogen-bond acceptors (Lipinski definition) is 3. The van der Waals surface area contributed by atoms with Crippen molar-refractivity contribution in [2.24, 2.45) is 29.6 Å². The highest BCUT2D eigenvalue weighted by Gasteiger charge is 2.67. The Hall–Kier alpha value is -1.31. The molecule has 3 nitrogen and oxygen atoms in total. The van der Waals surface area contributed by atoms with Crippen LogP contribution in [0.5, 0.6) is 0 Å². The maximum Gasteiger partial charge on any atom is 0.224 e. The van der Waals surface area contributed by atoms with Gasteiger partial charge in [0.15, 0.2) is 0 Å². The molecule has 2 bridgehead atoms. The molecule has 4 atom stereocenters. The van der Waals surface area contributed by atoms with Gasteiger partial charge in [0.2, 0.25) is 5.91 Å². The first kappa shape index (κ1) is 13.4. The van der Waals surface area contributed by atoms with E-state index in [1.165, 1.54) is 19.3 Å². The van der Waals surface area contributed by atoms with Gasteiger partial charge in [-0.2, -0.15) is 0 Å². The van der Waals surface area contributed by atoms with Gasteiger partial charge in [0.25, 0.3) is 0 Å². The molecule has 2 N–H and O–H groups in total. The topological polar surface area (TPSA) is 49.3 Å². The molecule has 0 spiro atoms. The van der Waals surface area contributed by atoms with Crippen molar-refractivity contribution in [3.63, 3.8) is 0 Å².